The van der Waals surface area contributed by atoms with Crippen LogP contribution in [-0.4, -0.2) is 41.5 Å². The van der Waals surface area contributed by atoms with Crippen molar-refractivity contribution in [2.24, 2.45) is 0 Å². The molecule has 5 heteroatoms. The molecule has 0 amide bonds. The Morgan fingerprint density at radius 3 is 2.88 bits per heavy atom. The first-order chi connectivity index (χ1) is 8.34. The molecule has 5 nitrogen and oxygen atoms in total. The maximum atomic E-state index is 5.34. The van der Waals surface area contributed by atoms with Gasteiger partial charge < -0.3 is 9.64 Å². The van der Waals surface area contributed by atoms with Gasteiger partial charge in [-0.05, 0) is 13.0 Å². The van der Waals surface area contributed by atoms with E-state index in [-0.39, 0.29) is 0 Å². The molecule has 0 bridgehead atoms. The van der Waals surface area contributed by atoms with Crippen LogP contribution in [0.4, 0.5) is 5.82 Å². The van der Waals surface area contributed by atoms with Gasteiger partial charge in [-0.1, -0.05) is 0 Å². The topological polar surface area (TPSA) is 51.1 Å². The van der Waals surface area contributed by atoms with E-state index in [4.69, 9.17) is 4.74 Å². The van der Waals surface area contributed by atoms with Gasteiger partial charge in [0.2, 0.25) is 0 Å². The third-order valence-corrected chi connectivity index (χ3v) is 3.05. The van der Waals surface area contributed by atoms with E-state index < -0.39 is 0 Å². The number of aromatic nitrogens is 3. The molecule has 0 aliphatic carbocycles. The van der Waals surface area contributed by atoms with Gasteiger partial charge in [0.1, 0.15) is 5.82 Å². The molecule has 0 spiro atoms. The molecule has 2 aromatic heterocycles. The van der Waals surface area contributed by atoms with Crippen LogP contribution in [0.2, 0.25) is 0 Å². The minimum Gasteiger partial charge on any atom is -0.378 e. The number of hydrogen-bond acceptors (Lipinski definition) is 5. The lowest BCUT2D eigenvalue weighted by atomic mass is 10.2. The predicted octanol–water partition coefficient (Wildman–Crippen LogP) is 1.17. The Morgan fingerprint density at radius 1 is 1.24 bits per heavy atom. The summed E-state index contributed by atoms with van der Waals surface area (Å²) in [5.74, 6) is 0.997. The van der Waals surface area contributed by atoms with Gasteiger partial charge in [-0.2, -0.15) is 10.2 Å². The lowest BCUT2D eigenvalue weighted by molar-refractivity contribution is 0.122. The molecular formula is C12H14N4O. The number of hydrogen-bond donors (Lipinski definition) is 0. The highest BCUT2D eigenvalue weighted by Crippen LogP contribution is 2.20. The summed E-state index contributed by atoms with van der Waals surface area (Å²) >= 11 is 0. The van der Waals surface area contributed by atoms with E-state index in [0.29, 0.717) is 0 Å². The maximum Gasteiger partial charge on any atom is 0.129 e. The molecular weight excluding hydrogens is 216 g/mol. The molecule has 0 unspecified atom stereocenters. The van der Waals surface area contributed by atoms with Gasteiger partial charge in [0, 0.05) is 30.1 Å². The van der Waals surface area contributed by atoms with Gasteiger partial charge in [0.05, 0.1) is 25.1 Å². The number of fused-ring (bicyclic) bond motifs is 1. The highest BCUT2D eigenvalue weighted by atomic mass is 16.5. The number of morpholine rings is 1. The zero-order valence-electron chi connectivity index (χ0n) is 9.76. The standard InChI is InChI=1S/C12H14N4O/c1-9-11-6-12(16-2-4-17-5-3-16)13-7-10(11)8-14-15-9/h6-8H,2-5H2,1H3. The number of pyridine rings is 1. The van der Waals surface area contributed by atoms with Crippen LogP contribution in [0.15, 0.2) is 18.5 Å². The minimum atomic E-state index is 0.771. The summed E-state index contributed by atoms with van der Waals surface area (Å²) in [7, 11) is 0. The van der Waals surface area contributed by atoms with Crippen molar-refractivity contribution < 1.29 is 4.74 Å². The summed E-state index contributed by atoms with van der Waals surface area (Å²) < 4.78 is 5.34. The Labute approximate surface area is 99.4 Å². The van der Waals surface area contributed by atoms with E-state index in [1.165, 1.54) is 0 Å². The van der Waals surface area contributed by atoms with E-state index in [1.54, 1.807) is 6.20 Å². The van der Waals surface area contributed by atoms with Crippen molar-refractivity contribution in [3.8, 4) is 0 Å². The summed E-state index contributed by atoms with van der Waals surface area (Å²) in [4.78, 5) is 6.71. The van der Waals surface area contributed by atoms with Crippen LogP contribution in [0.25, 0.3) is 10.8 Å². The van der Waals surface area contributed by atoms with Crippen LogP contribution in [0.1, 0.15) is 5.69 Å². The van der Waals surface area contributed by atoms with E-state index in [2.05, 4.69) is 26.1 Å². The summed E-state index contributed by atoms with van der Waals surface area (Å²) in [6, 6.07) is 2.09. The molecule has 17 heavy (non-hydrogen) atoms. The Morgan fingerprint density at radius 2 is 2.06 bits per heavy atom. The molecule has 1 aliphatic heterocycles. The average molecular weight is 230 g/mol. The zero-order valence-corrected chi connectivity index (χ0v) is 9.76. The molecule has 0 atom stereocenters. The normalized spacial score (nSPS) is 16.4. The fourth-order valence-corrected chi connectivity index (χ4v) is 2.07. The number of aryl methyl sites for hydroxylation is 1. The molecule has 88 valence electrons. The van der Waals surface area contributed by atoms with Crippen molar-refractivity contribution in [3.63, 3.8) is 0 Å². The maximum absolute atomic E-state index is 5.34. The Balaban J connectivity index is 2.03. The largest absolute Gasteiger partial charge is 0.378 e. The first-order valence-electron chi connectivity index (χ1n) is 5.75. The fourth-order valence-electron chi connectivity index (χ4n) is 2.07. The smallest absolute Gasteiger partial charge is 0.129 e. The van der Waals surface area contributed by atoms with Crippen LogP contribution in [0.3, 0.4) is 0 Å². The number of rotatable bonds is 1. The molecule has 3 rings (SSSR count). The fraction of sp³-hybridized carbons (Fsp3) is 0.417. The third-order valence-electron chi connectivity index (χ3n) is 3.05. The van der Waals surface area contributed by atoms with Crippen molar-refractivity contribution in [1.29, 1.82) is 0 Å². The molecule has 1 saturated heterocycles. The molecule has 0 N–H and O–H groups in total. The highest BCUT2D eigenvalue weighted by molar-refractivity contribution is 5.85. The van der Waals surface area contributed by atoms with Crippen molar-refractivity contribution in [1.82, 2.24) is 15.2 Å². The Bertz CT molecular complexity index is 537. The quantitative estimate of drug-likeness (QED) is 0.736. The van der Waals surface area contributed by atoms with Crippen LogP contribution >= 0.6 is 0 Å². The first kappa shape index (κ1) is 10.4. The van der Waals surface area contributed by atoms with Crippen LogP contribution < -0.4 is 4.90 Å². The van der Waals surface area contributed by atoms with E-state index in [0.717, 1.165) is 48.6 Å². The number of nitrogens with zero attached hydrogens (tertiary/aromatic N) is 4. The van der Waals surface area contributed by atoms with Gasteiger partial charge >= 0.3 is 0 Å². The van der Waals surface area contributed by atoms with Gasteiger partial charge in [-0.15, -0.1) is 0 Å². The van der Waals surface area contributed by atoms with Crippen LogP contribution in [0, 0.1) is 6.92 Å². The Hall–Kier alpha value is -1.75. The summed E-state index contributed by atoms with van der Waals surface area (Å²) in [6.45, 7) is 5.31. The van der Waals surface area contributed by atoms with E-state index in [1.807, 2.05) is 13.1 Å². The Kier molecular flexibility index (Phi) is 2.60. The molecule has 3 heterocycles. The average Bonchev–Trinajstić information content (AvgIpc) is 2.40. The van der Waals surface area contributed by atoms with Gasteiger partial charge in [-0.25, -0.2) is 4.98 Å². The third kappa shape index (κ3) is 1.93. The molecule has 2 aromatic rings. The SMILES string of the molecule is Cc1nncc2cnc(N3CCOCC3)cc12. The summed E-state index contributed by atoms with van der Waals surface area (Å²) in [6.07, 6.45) is 3.61. The monoisotopic (exact) mass is 230 g/mol. The first-order valence-corrected chi connectivity index (χ1v) is 5.75. The second-order valence-electron chi connectivity index (χ2n) is 4.16. The van der Waals surface area contributed by atoms with Crippen molar-refractivity contribution in [2.75, 3.05) is 31.2 Å². The predicted molar refractivity (Wildman–Crippen MR) is 65.1 cm³/mol. The van der Waals surface area contributed by atoms with Crippen molar-refractivity contribution in [2.45, 2.75) is 6.92 Å². The van der Waals surface area contributed by atoms with Gasteiger partial charge in [-0.3, -0.25) is 0 Å². The summed E-state index contributed by atoms with van der Waals surface area (Å²) in [5, 5.41) is 10.2. The van der Waals surface area contributed by atoms with E-state index in [9.17, 15) is 0 Å². The number of anilines is 1. The van der Waals surface area contributed by atoms with Gasteiger partial charge in [0.15, 0.2) is 0 Å². The second-order valence-corrected chi connectivity index (χ2v) is 4.16. The molecule has 1 aliphatic rings. The second kappa shape index (κ2) is 4.25. The molecule has 0 saturated carbocycles. The van der Waals surface area contributed by atoms with E-state index >= 15 is 0 Å². The number of ether oxygens (including phenoxy) is 1. The van der Waals surface area contributed by atoms with Crippen LogP contribution in [-0.2, 0) is 4.74 Å². The minimum absolute atomic E-state index is 0.771. The van der Waals surface area contributed by atoms with Crippen molar-refractivity contribution >= 4 is 16.6 Å². The van der Waals surface area contributed by atoms with Crippen molar-refractivity contribution in [3.05, 3.63) is 24.2 Å². The zero-order chi connectivity index (χ0) is 11.7. The molecule has 0 radical (unpaired) electrons. The molecule has 0 aromatic carbocycles. The van der Waals surface area contributed by atoms with Gasteiger partial charge in [0.25, 0.3) is 0 Å². The van der Waals surface area contributed by atoms with Crippen LogP contribution in [0.5, 0.6) is 0 Å². The molecule has 1 fully saturated rings. The lowest BCUT2D eigenvalue weighted by Gasteiger charge is -2.27. The summed E-state index contributed by atoms with van der Waals surface area (Å²) in [5.41, 5.74) is 0.944. The highest BCUT2D eigenvalue weighted by Gasteiger charge is 2.13. The lowest BCUT2D eigenvalue weighted by Crippen LogP contribution is -2.36.